The van der Waals surface area contributed by atoms with E-state index >= 15 is 0 Å². The van der Waals surface area contributed by atoms with Gasteiger partial charge in [-0.3, -0.25) is 9.59 Å². The predicted octanol–water partition coefficient (Wildman–Crippen LogP) is 2.57. The lowest BCUT2D eigenvalue weighted by Crippen LogP contribution is -2.45. The summed E-state index contributed by atoms with van der Waals surface area (Å²) in [5.41, 5.74) is -0.957. The molecule has 100 valence electrons. The lowest BCUT2D eigenvalue weighted by Gasteiger charge is -2.39. The minimum Gasteiger partial charge on any atom is -0.481 e. The van der Waals surface area contributed by atoms with Crippen LogP contribution < -0.4 is 0 Å². The Labute approximate surface area is 103 Å². The van der Waals surface area contributed by atoms with Crippen LogP contribution in [0.2, 0.25) is 0 Å². The normalized spacial score (nSPS) is 16.2. The fourth-order valence-corrected chi connectivity index (χ4v) is 2.13. The number of aliphatic carboxylic acids is 1. The van der Waals surface area contributed by atoms with Gasteiger partial charge in [0, 0.05) is 0 Å². The van der Waals surface area contributed by atoms with Gasteiger partial charge in [0.25, 0.3) is 0 Å². The van der Waals surface area contributed by atoms with Crippen molar-refractivity contribution in [1.82, 2.24) is 0 Å². The van der Waals surface area contributed by atoms with Crippen molar-refractivity contribution in [1.29, 1.82) is 0 Å². The zero-order chi connectivity index (χ0) is 14.0. The van der Waals surface area contributed by atoms with Crippen LogP contribution in [-0.2, 0) is 14.3 Å². The molecule has 0 amide bonds. The molecule has 0 aromatic rings. The highest BCUT2D eigenvalue weighted by Crippen LogP contribution is 2.42. The minimum atomic E-state index is -0.956. The van der Waals surface area contributed by atoms with Crippen LogP contribution in [0, 0.1) is 22.7 Å². The third-order valence-electron chi connectivity index (χ3n) is 2.92. The molecule has 4 heteroatoms. The molecule has 0 saturated carbocycles. The Kier molecular flexibility index (Phi) is 4.75. The highest BCUT2D eigenvalue weighted by atomic mass is 16.5. The molecule has 17 heavy (non-hydrogen) atoms. The second kappa shape index (κ2) is 5.07. The maximum Gasteiger partial charge on any atom is 0.310 e. The summed E-state index contributed by atoms with van der Waals surface area (Å²) in [6, 6.07) is 0. The SMILES string of the molecule is COC(=O)C(C(C(=O)O)C(C)(C)C)C(C)(C)C. The van der Waals surface area contributed by atoms with Crippen LogP contribution in [0.15, 0.2) is 0 Å². The summed E-state index contributed by atoms with van der Waals surface area (Å²) >= 11 is 0. The molecule has 0 aliphatic heterocycles. The van der Waals surface area contributed by atoms with E-state index < -0.39 is 34.6 Å². The number of carbonyl (C=O) groups is 2. The van der Waals surface area contributed by atoms with Crippen molar-refractivity contribution in [3.05, 3.63) is 0 Å². The molecule has 0 bridgehead atoms. The van der Waals surface area contributed by atoms with Crippen molar-refractivity contribution < 1.29 is 19.4 Å². The molecule has 1 N–H and O–H groups in total. The molecule has 0 fully saturated rings. The Bertz CT molecular complexity index is 294. The molecule has 4 nitrogen and oxygen atoms in total. The Morgan fingerprint density at radius 2 is 1.29 bits per heavy atom. The lowest BCUT2D eigenvalue weighted by atomic mass is 9.64. The number of methoxy groups -OCH3 is 1. The van der Waals surface area contributed by atoms with Gasteiger partial charge in [-0.05, 0) is 10.8 Å². The summed E-state index contributed by atoms with van der Waals surface area (Å²) in [5, 5.41) is 9.38. The first-order valence-corrected chi connectivity index (χ1v) is 5.73. The van der Waals surface area contributed by atoms with E-state index in [2.05, 4.69) is 0 Å². The van der Waals surface area contributed by atoms with Crippen molar-refractivity contribution >= 4 is 11.9 Å². The van der Waals surface area contributed by atoms with Crippen molar-refractivity contribution in [3.63, 3.8) is 0 Å². The molecule has 0 rings (SSSR count). The van der Waals surface area contributed by atoms with Crippen LogP contribution in [-0.4, -0.2) is 24.2 Å². The van der Waals surface area contributed by atoms with E-state index in [1.165, 1.54) is 7.11 Å². The Hall–Kier alpha value is -1.06. The number of rotatable bonds is 3. The zero-order valence-electron chi connectivity index (χ0n) is 11.8. The Morgan fingerprint density at radius 3 is 1.47 bits per heavy atom. The van der Waals surface area contributed by atoms with Gasteiger partial charge in [-0.1, -0.05) is 41.5 Å². The molecule has 0 aliphatic carbocycles. The van der Waals surface area contributed by atoms with E-state index in [0.29, 0.717) is 0 Å². The first-order valence-electron chi connectivity index (χ1n) is 5.73. The average molecular weight is 244 g/mol. The fraction of sp³-hybridized carbons (Fsp3) is 0.846. The van der Waals surface area contributed by atoms with Gasteiger partial charge in [-0.25, -0.2) is 0 Å². The van der Waals surface area contributed by atoms with Crippen LogP contribution in [0.25, 0.3) is 0 Å². The van der Waals surface area contributed by atoms with Gasteiger partial charge in [0.05, 0.1) is 18.9 Å². The maximum absolute atomic E-state index is 11.9. The number of esters is 1. The fourth-order valence-electron chi connectivity index (χ4n) is 2.13. The number of carbonyl (C=O) groups excluding carboxylic acids is 1. The molecule has 0 aromatic carbocycles. The highest BCUT2D eigenvalue weighted by Gasteiger charge is 2.47. The largest absolute Gasteiger partial charge is 0.481 e. The molecule has 0 radical (unpaired) electrons. The molecule has 2 unspecified atom stereocenters. The van der Waals surface area contributed by atoms with Crippen LogP contribution in [0.5, 0.6) is 0 Å². The second-order valence-corrected chi connectivity index (χ2v) is 6.55. The molecule has 0 aliphatic rings. The third kappa shape index (κ3) is 4.02. The first kappa shape index (κ1) is 15.9. The van der Waals surface area contributed by atoms with E-state index in [1.807, 2.05) is 41.5 Å². The van der Waals surface area contributed by atoms with Crippen molar-refractivity contribution in [2.75, 3.05) is 7.11 Å². The topological polar surface area (TPSA) is 63.6 Å². The smallest absolute Gasteiger partial charge is 0.310 e. The lowest BCUT2D eigenvalue weighted by molar-refractivity contribution is -0.165. The van der Waals surface area contributed by atoms with E-state index in [-0.39, 0.29) is 0 Å². The van der Waals surface area contributed by atoms with Gasteiger partial charge in [0.1, 0.15) is 0 Å². The summed E-state index contributed by atoms with van der Waals surface area (Å²) in [7, 11) is 1.29. The van der Waals surface area contributed by atoms with Crippen molar-refractivity contribution in [2.24, 2.45) is 22.7 Å². The van der Waals surface area contributed by atoms with Crippen LogP contribution in [0.1, 0.15) is 41.5 Å². The molecule has 2 atom stereocenters. The molecule has 0 saturated heterocycles. The summed E-state index contributed by atoms with van der Waals surface area (Å²) in [6.45, 7) is 11.1. The first-order chi connectivity index (χ1) is 7.42. The summed E-state index contributed by atoms with van der Waals surface area (Å²) in [6.07, 6.45) is 0. The average Bonchev–Trinajstić information content (AvgIpc) is 2.08. The van der Waals surface area contributed by atoms with E-state index in [1.54, 1.807) is 0 Å². The highest BCUT2D eigenvalue weighted by molar-refractivity contribution is 5.82. The Balaban J connectivity index is 5.56. The molecule has 0 aromatic heterocycles. The molecule has 0 spiro atoms. The van der Waals surface area contributed by atoms with Crippen molar-refractivity contribution in [2.45, 2.75) is 41.5 Å². The number of hydrogen-bond donors (Lipinski definition) is 1. The predicted molar refractivity (Wildman–Crippen MR) is 65.5 cm³/mol. The number of hydrogen-bond acceptors (Lipinski definition) is 3. The quantitative estimate of drug-likeness (QED) is 0.775. The zero-order valence-corrected chi connectivity index (χ0v) is 11.8. The van der Waals surface area contributed by atoms with E-state index in [4.69, 9.17) is 4.74 Å². The van der Waals surface area contributed by atoms with E-state index in [0.717, 1.165) is 0 Å². The second-order valence-electron chi connectivity index (χ2n) is 6.55. The molecule has 0 heterocycles. The van der Waals surface area contributed by atoms with Gasteiger partial charge in [0.2, 0.25) is 0 Å². The maximum atomic E-state index is 11.9. The Morgan fingerprint density at radius 1 is 0.941 bits per heavy atom. The monoisotopic (exact) mass is 244 g/mol. The summed E-state index contributed by atoms with van der Waals surface area (Å²) in [4.78, 5) is 23.3. The van der Waals surface area contributed by atoms with Crippen LogP contribution >= 0.6 is 0 Å². The van der Waals surface area contributed by atoms with Crippen molar-refractivity contribution in [3.8, 4) is 0 Å². The number of carboxylic acid groups (broad SMARTS) is 1. The summed E-state index contributed by atoms with van der Waals surface area (Å²) < 4.78 is 4.76. The van der Waals surface area contributed by atoms with Crippen LogP contribution in [0.3, 0.4) is 0 Å². The molecular formula is C13H24O4. The standard InChI is InChI=1S/C13H24O4/c1-12(2,3)8(10(14)15)9(11(16)17-7)13(4,5)6/h8-9H,1-7H3,(H,14,15). The number of ether oxygens (including phenoxy) is 1. The molecular weight excluding hydrogens is 220 g/mol. The number of carboxylic acids is 1. The van der Waals surface area contributed by atoms with Gasteiger partial charge in [0.15, 0.2) is 0 Å². The minimum absolute atomic E-state index is 0.455. The van der Waals surface area contributed by atoms with E-state index in [9.17, 15) is 14.7 Å². The summed E-state index contributed by atoms with van der Waals surface area (Å²) in [5.74, 6) is -2.84. The van der Waals surface area contributed by atoms with Gasteiger partial charge >= 0.3 is 11.9 Å². The van der Waals surface area contributed by atoms with Gasteiger partial charge in [-0.15, -0.1) is 0 Å². The van der Waals surface area contributed by atoms with Crippen LogP contribution in [0.4, 0.5) is 0 Å². The van der Waals surface area contributed by atoms with Gasteiger partial charge < -0.3 is 9.84 Å². The third-order valence-corrected chi connectivity index (χ3v) is 2.92. The van der Waals surface area contributed by atoms with Gasteiger partial charge in [-0.2, -0.15) is 0 Å².